The van der Waals surface area contributed by atoms with Gasteiger partial charge in [-0.05, 0) is 70.3 Å². The molecule has 3 aliphatic carbocycles. The molecule has 21 heavy (non-hydrogen) atoms. The quantitative estimate of drug-likeness (QED) is 0.615. The Morgan fingerprint density at radius 3 is 2.43 bits per heavy atom. The lowest BCUT2D eigenvalue weighted by atomic mass is 9.90. The minimum atomic E-state index is -0.685. The lowest BCUT2D eigenvalue weighted by molar-refractivity contribution is -0.145. The number of nitrogens with one attached hydrogen (secondary N) is 1. The minimum absolute atomic E-state index is 0.451. The van der Waals surface area contributed by atoms with E-state index in [1.54, 1.807) is 0 Å². The normalized spacial score (nSPS) is 25.0. The molecule has 0 aromatic heterocycles. The number of nitrogens with zero attached hydrogens (tertiary/aromatic N) is 1. The Balaban J connectivity index is 1.48. The van der Waals surface area contributed by atoms with Crippen molar-refractivity contribution < 1.29 is 9.90 Å². The molecule has 3 saturated carbocycles. The van der Waals surface area contributed by atoms with Crippen molar-refractivity contribution in [1.82, 2.24) is 10.2 Å². The Kier molecular flexibility index (Phi) is 4.55. The van der Waals surface area contributed by atoms with Crippen LogP contribution in [0.25, 0.3) is 0 Å². The topological polar surface area (TPSA) is 52.6 Å². The Labute approximate surface area is 128 Å². The summed E-state index contributed by atoms with van der Waals surface area (Å²) in [4.78, 5) is 14.4. The van der Waals surface area contributed by atoms with E-state index in [2.05, 4.69) is 10.2 Å². The summed E-state index contributed by atoms with van der Waals surface area (Å²) in [6, 6.07) is 1.26. The molecule has 3 rings (SSSR count). The maximum atomic E-state index is 11.7. The van der Waals surface area contributed by atoms with Crippen molar-refractivity contribution in [2.24, 2.45) is 5.92 Å². The van der Waals surface area contributed by atoms with Crippen LogP contribution < -0.4 is 5.32 Å². The molecule has 3 aliphatic rings. The average molecular weight is 294 g/mol. The molecular formula is C17H30N2O2. The van der Waals surface area contributed by atoms with Crippen molar-refractivity contribution in [2.45, 2.75) is 82.3 Å². The third-order valence-electron chi connectivity index (χ3n) is 5.37. The summed E-state index contributed by atoms with van der Waals surface area (Å²) >= 11 is 0. The van der Waals surface area contributed by atoms with Gasteiger partial charge >= 0.3 is 5.97 Å². The van der Waals surface area contributed by atoms with Gasteiger partial charge in [-0.15, -0.1) is 0 Å². The van der Waals surface area contributed by atoms with Crippen LogP contribution in [0.5, 0.6) is 0 Å². The first-order valence-corrected chi connectivity index (χ1v) is 8.88. The van der Waals surface area contributed by atoms with Gasteiger partial charge < -0.3 is 10.0 Å². The Morgan fingerprint density at radius 2 is 1.95 bits per heavy atom. The molecule has 0 bridgehead atoms. The van der Waals surface area contributed by atoms with Gasteiger partial charge in [-0.3, -0.25) is 10.1 Å². The largest absolute Gasteiger partial charge is 0.480 e. The van der Waals surface area contributed by atoms with Gasteiger partial charge in [-0.25, -0.2) is 0 Å². The highest BCUT2D eigenvalue weighted by Crippen LogP contribution is 2.35. The smallest absolute Gasteiger partial charge is 0.323 e. The summed E-state index contributed by atoms with van der Waals surface area (Å²) in [6.07, 6.45) is 10.3. The third kappa shape index (κ3) is 4.19. The molecule has 1 atom stereocenters. The van der Waals surface area contributed by atoms with Gasteiger partial charge in [0.2, 0.25) is 0 Å². The molecular weight excluding hydrogens is 264 g/mol. The molecule has 0 aliphatic heterocycles. The highest BCUT2D eigenvalue weighted by atomic mass is 16.4. The van der Waals surface area contributed by atoms with Crippen LogP contribution >= 0.6 is 0 Å². The van der Waals surface area contributed by atoms with E-state index in [4.69, 9.17) is 0 Å². The minimum Gasteiger partial charge on any atom is -0.480 e. The Morgan fingerprint density at radius 1 is 1.24 bits per heavy atom. The van der Waals surface area contributed by atoms with E-state index in [1.807, 2.05) is 6.92 Å². The summed E-state index contributed by atoms with van der Waals surface area (Å²) in [7, 11) is 0. The summed E-state index contributed by atoms with van der Waals surface area (Å²) in [5, 5.41) is 13.1. The van der Waals surface area contributed by atoms with Gasteiger partial charge in [-0.2, -0.15) is 0 Å². The highest BCUT2D eigenvalue weighted by Gasteiger charge is 2.41. The van der Waals surface area contributed by atoms with Crippen LogP contribution in [0.4, 0.5) is 0 Å². The van der Waals surface area contributed by atoms with Crippen molar-refractivity contribution in [3.63, 3.8) is 0 Å². The molecule has 0 heterocycles. The van der Waals surface area contributed by atoms with Crippen LogP contribution in [0, 0.1) is 5.92 Å². The number of rotatable bonds is 11. The van der Waals surface area contributed by atoms with Gasteiger partial charge in [-0.1, -0.05) is 6.92 Å². The summed E-state index contributed by atoms with van der Waals surface area (Å²) in [6.45, 7) is 4.35. The maximum absolute atomic E-state index is 11.7. The van der Waals surface area contributed by atoms with Crippen LogP contribution in [0.1, 0.15) is 64.7 Å². The zero-order valence-corrected chi connectivity index (χ0v) is 13.3. The van der Waals surface area contributed by atoms with E-state index >= 15 is 0 Å². The van der Waals surface area contributed by atoms with Crippen LogP contribution in [-0.4, -0.2) is 46.7 Å². The van der Waals surface area contributed by atoms with Crippen molar-refractivity contribution in [2.75, 3.05) is 13.1 Å². The second-order valence-electron chi connectivity index (χ2n) is 7.43. The van der Waals surface area contributed by atoms with Gasteiger partial charge in [0.15, 0.2) is 0 Å². The molecule has 2 N–H and O–H groups in total. The fourth-order valence-corrected chi connectivity index (χ4v) is 3.37. The zero-order chi connectivity index (χ0) is 14.9. The van der Waals surface area contributed by atoms with E-state index in [9.17, 15) is 9.90 Å². The lowest BCUT2D eigenvalue weighted by Gasteiger charge is -2.31. The molecule has 0 amide bonds. The van der Waals surface area contributed by atoms with Crippen molar-refractivity contribution >= 4 is 5.97 Å². The number of carboxylic acid groups (broad SMARTS) is 1. The number of hydrogen-bond donors (Lipinski definition) is 2. The van der Waals surface area contributed by atoms with E-state index in [0.29, 0.717) is 12.5 Å². The molecule has 0 aromatic carbocycles. The number of carbonyl (C=O) groups is 1. The summed E-state index contributed by atoms with van der Waals surface area (Å²) < 4.78 is 0. The van der Waals surface area contributed by atoms with Gasteiger partial charge in [0.05, 0.1) is 0 Å². The molecule has 4 nitrogen and oxygen atoms in total. The van der Waals surface area contributed by atoms with Crippen LogP contribution in [0.3, 0.4) is 0 Å². The first kappa shape index (κ1) is 15.3. The highest BCUT2D eigenvalue weighted by molar-refractivity contribution is 5.78. The fourth-order valence-electron chi connectivity index (χ4n) is 3.37. The Bertz CT molecular complexity index is 375. The van der Waals surface area contributed by atoms with Crippen LogP contribution in [0.2, 0.25) is 0 Å². The van der Waals surface area contributed by atoms with E-state index in [-0.39, 0.29) is 0 Å². The summed E-state index contributed by atoms with van der Waals surface area (Å²) in [5.74, 6) is 0.280. The van der Waals surface area contributed by atoms with E-state index in [1.165, 1.54) is 32.2 Å². The number of aliphatic carboxylic acids is 1. The maximum Gasteiger partial charge on any atom is 0.323 e. The predicted octanol–water partition coefficient (Wildman–Crippen LogP) is 2.63. The lowest BCUT2D eigenvalue weighted by Crippen LogP contribution is -2.53. The molecule has 0 radical (unpaired) electrons. The molecule has 3 fully saturated rings. The number of hydrogen-bond acceptors (Lipinski definition) is 3. The molecule has 0 saturated heterocycles. The second-order valence-corrected chi connectivity index (χ2v) is 7.43. The van der Waals surface area contributed by atoms with Crippen molar-refractivity contribution in [3.05, 3.63) is 0 Å². The monoisotopic (exact) mass is 294 g/mol. The van der Waals surface area contributed by atoms with Gasteiger partial charge in [0.25, 0.3) is 0 Å². The van der Waals surface area contributed by atoms with E-state index in [0.717, 1.165) is 44.2 Å². The first-order chi connectivity index (χ1) is 10.1. The predicted molar refractivity (Wildman–Crippen MR) is 83.4 cm³/mol. The fraction of sp³-hybridized carbons (Fsp3) is 0.941. The van der Waals surface area contributed by atoms with Crippen LogP contribution in [-0.2, 0) is 4.79 Å². The third-order valence-corrected chi connectivity index (χ3v) is 5.37. The van der Waals surface area contributed by atoms with E-state index < -0.39 is 11.5 Å². The molecule has 120 valence electrons. The number of carboxylic acids is 1. The van der Waals surface area contributed by atoms with Crippen molar-refractivity contribution in [3.8, 4) is 0 Å². The zero-order valence-electron chi connectivity index (χ0n) is 13.3. The van der Waals surface area contributed by atoms with Gasteiger partial charge in [0.1, 0.15) is 5.54 Å². The van der Waals surface area contributed by atoms with Gasteiger partial charge in [0, 0.05) is 18.6 Å². The SMILES string of the molecule is CCC(CCCN(CC1CC1)C1CC1)(NC1CC1)C(=O)O. The molecule has 1 unspecified atom stereocenters. The van der Waals surface area contributed by atoms with Crippen molar-refractivity contribution in [1.29, 1.82) is 0 Å². The first-order valence-electron chi connectivity index (χ1n) is 8.88. The Hall–Kier alpha value is -0.610. The standard InChI is InChI=1S/C17H30N2O2/c1-2-17(16(20)21,18-14-6-7-14)10-3-11-19(15-8-9-15)12-13-4-5-13/h13-15,18H,2-12H2,1H3,(H,20,21). The molecule has 4 heteroatoms. The van der Waals surface area contributed by atoms with Crippen LogP contribution in [0.15, 0.2) is 0 Å². The molecule has 0 spiro atoms. The molecule has 0 aromatic rings. The average Bonchev–Trinajstić information content (AvgIpc) is 3.28. The summed E-state index contributed by atoms with van der Waals surface area (Å²) in [5.41, 5.74) is -0.685. The second kappa shape index (κ2) is 6.25.